The fourth-order valence-electron chi connectivity index (χ4n) is 3.72. The van der Waals surface area contributed by atoms with Gasteiger partial charge in [-0.1, -0.05) is 30.3 Å². The van der Waals surface area contributed by atoms with Gasteiger partial charge in [-0.15, -0.1) is 0 Å². The number of furan rings is 2. The number of rotatable bonds is 5. The van der Waals surface area contributed by atoms with Crippen molar-refractivity contribution in [3.63, 3.8) is 0 Å². The number of nitrogens with one attached hydrogen (secondary N) is 1. The maximum absolute atomic E-state index is 12.9. The lowest BCUT2D eigenvalue weighted by molar-refractivity contribution is -0.126. The van der Waals surface area contributed by atoms with Crippen LogP contribution in [0.5, 0.6) is 0 Å². The van der Waals surface area contributed by atoms with Crippen LogP contribution in [-0.2, 0) is 11.3 Å². The molecule has 144 valence electrons. The molecule has 6 nitrogen and oxygen atoms in total. The minimum absolute atomic E-state index is 0.0676. The first kappa shape index (κ1) is 18.1. The molecule has 1 N–H and O–H groups in total. The van der Waals surface area contributed by atoms with Gasteiger partial charge in [0.05, 0.1) is 30.6 Å². The maximum atomic E-state index is 12.9. The average molecular weight is 378 g/mol. The molecule has 1 fully saturated rings. The lowest BCUT2D eigenvalue weighted by Crippen LogP contribution is -2.47. The van der Waals surface area contributed by atoms with Crippen LogP contribution in [0.1, 0.15) is 34.0 Å². The fraction of sp³-hybridized carbons (Fsp3) is 0.273. The summed E-state index contributed by atoms with van der Waals surface area (Å²) >= 11 is 0. The minimum Gasteiger partial charge on any atom is -0.472 e. The summed E-state index contributed by atoms with van der Waals surface area (Å²) in [5, 5.41) is 2.93. The second-order valence-electron chi connectivity index (χ2n) is 7.06. The predicted octanol–water partition coefficient (Wildman–Crippen LogP) is 3.43. The highest BCUT2D eigenvalue weighted by molar-refractivity contribution is 5.94. The summed E-state index contributed by atoms with van der Waals surface area (Å²) < 4.78 is 10.3. The Kier molecular flexibility index (Phi) is 5.28. The van der Waals surface area contributed by atoms with Crippen LogP contribution in [0.3, 0.4) is 0 Å². The van der Waals surface area contributed by atoms with E-state index in [1.165, 1.54) is 12.5 Å². The molecule has 1 aromatic carbocycles. The Morgan fingerprint density at radius 1 is 1.04 bits per heavy atom. The van der Waals surface area contributed by atoms with E-state index >= 15 is 0 Å². The first-order chi connectivity index (χ1) is 13.7. The van der Waals surface area contributed by atoms with Crippen molar-refractivity contribution >= 4 is 11.8 Å². The van der Waals surface area contributed by atoms with Crippen molar-refractivity contribution < 1.29 is 18.4 Å². The van der Waals surface area contributed by atoms with Crippen LogP contribution in [0.15, 0.2) is 76.2 Å². The molecule has 0 saturated carbocycles. The molecular weight excluding hydrogens is 356 g/mol. The molecule has 4 rings (SSSR count). The van der Waals surface area contributed by atoms with Crippen molar-refractivity contribution in [2.45, 2.75) is 18.9 Å². The van der Waals surface area contributed by atoms with E-state index < -0.39 is 0 Å². The predicted molar refractivity (Wildman–Crippen MR) is 102 cm³/mol. The second-order valence-corrected chi connectivity index (χ2v) is 7.06. The molecule has 0 spiro atoms. The number of likely N-dealkylation sites (tertiary alicyclic amines) is 1. The number of amides is 2. The molecule has 3 aromatic rings. The van der Waals surface area contributed by atoms with Crippen molar-refractivity contribution in [3.8, 4) is 0 Å². The molecular formula is C22H22N2O4. The fourth-order valence-corrected chi connectivity index (χ4v) is 3.72. The van der Waals surface area contributed by atoms with Gasteiger partial charge < -0.3 is 19.1 Å². The number of hydrogen-bond acceptors (Lipinski definition) is 4. The first-order valence-electron chi connectivity index (χ1n) is 9.37. The van der Waals surface area contributed by atoms with Gasteiger partial charge in [0.2, 0.25) is 5.91 Å². The number of carbonyl (C=O) groups excluding carboxylic acids is 2. The first-order valence-corrected chi connectivity index (χ1v) is 9.37. The summed E-state index contributed by atoms with van der Waals surface area (Å²) in [6, 6.07) is 15.3. The Labute approximate surface area is 163 Å². The third kappa shape index (κ3) is 4.01. The van der Waals surface area contributed by atoms with Crippen LogP contribution < -0.4 is 5.32 Å². The van der Waals surface area contributed by atoms with Crippen LogP contribution in [0, 0.1) is 5.92 Å². The van der Waals surface area contributed by atoms with Gasteiger partial charge in [0.25, 0.3) is 5.91 Å². The van der Waals surface area contributed by atoms with Crippen LogP contribution in [-0.4, -0.2) is 29.8 Å². The highest BCUT2D eigenvalue weighted by Crippen LogP contribution is 2.31. The van der Waals surface area contributed by atoms with Crippen molar-refractivity contribution in [1.82, 2.24) is 10.2 Å². The molecule has 2 amide bonds. The summed E-state index contributed by atoms with van der Waals surface area (Å²) in [4.78, 5) is 27.4. The summed E-state index contributed by atoms with van der Waals surface area (Å²) in [7, 11) is 0. The van der Waals surface area contributed by atoms with Crippen molar-refractivity contribution in [2.75, 3.05) is 13.1 Å². The van der Waals surface area contributed by atoms with Gasteiger partial charge in [0.1, 0.15) is 12.0 Å². The van der Waals surface area contributed by atoms with Gasteiger partial charge in [-0.2, -0.15) is 0 Å². The zero-order chi connectivity index (χ0) is 19.3. The Morgan fingerprint density at radius 3 is 2.61 bits per heavy atom. The monoisotopic (exact) mass is 378 g/mol. The second kappa shape index (κ2) is 8.17. The average Bonchev–Trinajstić information content (AvgIpc) is 3.46. The van der Waals surface area contributed by atoms with E-state index in [1.807, 2.05) is 36.4 Å². The van der Waals surface area contributed by atoms with Gasteiger partial charge in [-0.25, -0.2) is 0 Å². The molecule has 2 atom stereocenters. The number of carbonyl (C=O) groups is 2. The molecule has 0 unspecified atom stereocenters. The molecule has 6 heteroatoms. The molecule has 0 aliphatic carbocycles. The summed E-state index contributed by atoms with van der Waals surface area (Å²) in [5.74, 6) is 0.338. The number of nitrogens with zero attached hydrogens (tertiary/aromatic N) is 1. The van der Waals surface area contributed by atoms with E-state index in [0.29, 0.717) is 37.4 Å². The lowest BCUT2D eigenvalue weighted by Gasteiger charge is -2.37. The molecule has 2 aromatic heterocycles. The van der Waals surface area contributed by atoms with E-state index in [9.17, 15) is 9.59 Å². The Hall–Kier alpha value is -3.28. The standard InChI is InChI=1S/C22H22N2O4/c25-21(23-12-20-7-4-9-28-20)19-11-18(16-5-2-1-3-6-16)13-24(14-19)22(26)17-8-10-27-15-17/h1-10,15,18-19H,11-14H2,(H,23,25)/t18-,19+/m1/s1. The van der Waals surface area contributed by atoms with Crippen molar-refractivity contribution in [1.29, 1.82) is 0 Å². The highest BCUT2D eigenvalue weighted by atomic mass is 16.3. The van der Waals surface area contributed by atoms with Crippen LogP contribution in [0.2, 0.25) is 0 Å². The Morgan fingerprint density at radius 2 is 1.89 bits per heavy atom. The van der Waals surface area contributed by atoms with Crippen LogP contribution >= 0.6 is 0 Å². The lowest BCUT2D eigenvalue weighted by atomic mass is 9.84. The largest absolute Gasteiger partial charge is 0.472 e. The zero-order valence-electron chi connectivity index (χ0n) is 15.4. The third-order valence-corrected chi connectivity index (χ3v) is 5.16. The molecule has 1 aliphatic rings. The SMILES string of the molecule is O=C(NCc1ccco1)[C@H]1C[C@@H](c2ccccc2)CN(C(=O)c2ccoc2)C1. The number of benzene rings is 1. The summed E-state index contributed by atoms with van der Waals surface area (Å²) in [6.45, 7) is 1.31. The Bertz CT molecular complexity index is 903. The zero-order valence-corrected chi connectivity index (χ0v) is 15.4. The van der Waals surface area contributed by atoms with Gasteiger partial charge in [0.15, 0.2) is 0 Å². The highest BCUT2D eigenvalue weighted by Gasteiger charge is 2.35. The third-order valence-electron chi connectivity index (χ3n) is 5.16. The quantitative estimate of drug-likeness (QED) is 0.738. The van der Waals surface area contributed by atoms with E-state index in [1.54, 1.807) is 23.3 Å². The minimum atomic E-state index is -0.287. The summed E-state index contributed by atoms with van der Waals surface area (Å²) in [5.41, 5.74) is 1.64. The van der Waals surface area contributed by atoms with Crippen LogP contribution in [0.4, 0.5) is 0 Å². The molecule has 0 bridgehead atoms. The molecule has 0 radical (unpaired) electrons. The van der Waals surface area contributed by atoms with Gasteiger partial charge in [-0.05, 0) is 30.2 Å². The molecule has 1 saturated heterocycles. The van der Waals surface area contributed by atoms with E-state index in [-0.39, 0.29) is 23.7 Å². The van der Waals surface area contributed by atoms with E-state index in [4.69, 9.17) is 8.83 Å². The van der Waals surface area contributed by atoms with Gasteiger partial charge in [-0.3, -0.25) is 9.59 Å². The smallest absolute Gasteiger partial charge is 0.257 e. The van der Waals surface area contributed by atoms with Crippen molar-refractivity contribution in [2.24, 2.45) is 5.92 Å². The van der Waals surface area contributed by atoms with E-state index in [2.05, 4.69) is 5.32 Å². The number of piperidine rings is 1. The van der Waals surface area contributed by atoms with Crippen LogP contribution in [0.25, 0.3) is 0 Å². The normalized spacial score (nSPS) is 19.4. The topological polar surface area (TPSA) is 75.7 Å². The molecule has 1 aliphatic heterocycles. The Balaban J connectivity index is 1.51. The van der Waals surface area contributed by atoms with Gasteiger partial charge in [0, 0.05) is 19.0 Å². The summed E-state index contributed by atoms with van der Waals surface area (Å²) in [6.07, 6.45) is 5.21. The maximum Gasteiger partial charge on any atom is 0.257 e. The molecule has 28 heavy (non-hydrogen) atoms. The van der Waals surface area contributed by atoms with Gasteiger partial charge >= 0.3 is 0 Å². The van der Waals surface area contributed by atoms with Crippen molar-refractivity contribution in [3.05, 3.63) is 84.2 Å². The number of hydrogen-bond donors (Lipinski definition) is 1. The van der Waals surface area contributed by atoms with E-state index in [0.717, 1.165) is 5.56 Å². The molecule has 3 heterocycles.